The number of carboxylic acids is 1. The normalized spacial score (nSPS) is 19.0. The summed E-state index contributed by atoms with van der Waals surface area (Å²) < 4.78 is 5.40. The molecule has 2 amide bonds. The molecule has 0 bridgehead atoms. The molecule has 1 heterocycles. The van der Waals surface area contributed by atoms with Crippen LogP contribution in [0.1, 0.15) is 51.4 Å². The van der Waals surface area contributed by atoms with E-state index in [1.165, 1.54) is 7.11 Å². The highest BCUT2D eigenvalue weighted by molar-refractivity contribution is 5.98. The maximum Gasteiger partial charge on any atom is 0.310 e. The number of anilines is 2. The fourth-order valence-corrected chi connectivity index (χ4v) is 4.09. The Bertz CT molecular complexity index is 740. The van der Waals surface area contributed by atoms with Gasteiger partial charge in [-0.15, -0.1) is 0 Å². The number of carbonyl (C=O) groups excluding carboxylic acids is 2. The van der Waals surface area contributed by atoms with Gasteiger partial charge in [-0.3, -0.25) is 14.4 Å². The zero-order valence-electron chi connectivity index (χ0n) is 15.6. The second kappa shape index (κ2) is 7.98. The largest absolute Gasteiger partial charge is 0.494 e. The molecule has 0 aromatic heterocycles. The van der Waals surface area contributed by atoms with Crippen molar-refractivity contribution in [3.8, 4) is 5.75 Å². The molecule has 2 aliphatic rings. The monoisotopic (exact) mass is 374 g/mol. The van der Waals surface area contributed by atoms with Gasteiger partial charge in [0.1, 0.15) is 5.75 Å². The van der Waals surface area contributed by atoms with Crippen LogP contribution >= 0.6 is 0 Å². The Morgan fingerprint density at radius 1 is 1.22 bits per heavy atom. The number of aliphatic carboxylic acids is 1. The zero-order valence-corrected chi connectivity index (χ0v) is 15.6. The number of nitrogens with zero attached hydrogens (tertiary/aromatic N) is 1. The van der Waals surface area contributed by atoms with Crippen molar-refractivity contribution in [3.63, 3.8) is 0 Å². The van der Waals surface area contributed by atoms with E-state index in [9.17, 15) is 19.5 Å². The number of benzene rings is 1. The number of amides is 2. The van der Waals surface area contributed by atoms with Gasteiger partial charge >= 0.3 is 5.97 Å². The summed E-state index contributed by atoms with van der Waals surface area (Å²) in [6.07, 6.45) is 5.08. The quantitative estimate of drug-likeness (QED) is 0.797. The molecule has 7 heteroatoms. The molecule has 7 nitrogen and oxygen atoms in total. The lowest BCUT2D eigenvalue weighted by atomic mass is 9.71. The first kappa shape index (κ1) is 19.2. The van der Waals surface area contributed by atoms with E-state index in [1.54, 1.807) is 23.1 Å². The molecule has 0 spiro atoms. The molecule has 27 heavy (non-hydrogen) atoms. The van der Waals surface area contributed by atoms with Gasteiger partial charge in [0.2, 0.25) is 11.8 Å². The Morgan fingerprint density at radius 3 is 2.56 bits per heavy atom. The highest BCUT2D eigenvalue weighted by Gasteiger charge is 2.41. The molecule has 1 saturated carbocycles. The van der Waals surface area contributed by atoms with Gasteiger partial charge in [-0.1, -0.05) is 19.3 Å². The molecule has 0 atom stereocenters. The highest BCUT2D eigenvalue weighted by Crippen LogP contribution is 2.40. The molecule has 146 valence electrons. The van der Waals surface area contributed by atoms with Gasteiger partial charge in [0.15, 0.2) is 0 Å². The van der Waals surface area contributed by atoms with Crippen LogP contribution < -0.4 is 15.0 Å². The fourth-order valence-electron chi connectivity index (χ4n) is 4.09. The Hall–Kier alpha value is -2.57. The van der Waals surface area contributed by atoms with Crippen molar-refractivity contribution in [3.05, 3.63) is 18.2 Å². The minimum absolute atomic E-state index is 0.0307. The van der Waals surface area contributed by atoms with E-state index in [-0.39, 0.29) is 18.2 Å². The van der Waals surface area contributed by atoms with Gasteiger partial charge in [0, 0.05) is 31.1 Å². The second-order valence-electron chi connectivity index (χ2n) is 7.41. The fraction of sp³-hybridized carbons (Fsp3) is 0.550. The maximum atomic E-state index is 12.5. The molecular weight excluding hydrogens is 348 g/mol. The smallest absolute Gasteiger partial charge is 0.310 e. The number of rotatable bonds is 6. The number of ether oxygens (including phenoxy) is 1. The summed E-state index contributed by atoms with van der Waals surface area (Å²) in [6, 6.07) is 5.15. The maximum absolute atomic E-state index is 12.5. The van der Waals surface area contributed by atoms with E-state index in [0.717, 1.165) is 25.7 Å². The Balaban J connectivity index is 1.72. The molecule has 1 aliphatic heterocycles. The van der Waals surface area contributed by atoms with Crippen LogP contribution in [0.4, 0.5) is 11.4 Å². The number of carboxylic acid groups (broad SMARTS) is 1. The van der Waals surface area contributed by atoms with Gasteiger partial charge in [-0.05, 0) is 31.4 Å². The highest BCUT2D eigenvalue weighted by atomic mass is 16.5. The summed E-state index contributed by atoms with van der Waals surface area (Å²) in [5.41, 5.74) is 0.254. The Kier molecular flexibility index (Phi) is 5.68. The van der Waals surface area contributed by atoms with E-state index in [2.05, 4.69) is 5.32 Å². The molecule has 2 N–H and O–H groups in total. The van der Waals surface area contributed by atoms with Crippen LogP contribution in [-0.2, 0) is 14.4 Å². The van der Waals surface area contributed by atoms with Crippen LogP contribution in [0.15, 0.2) is 18.2 Å². The molecule has 0 unspecified atom stereocenters. The van der Waals surface area contributed by atoms with E-state index >= 15 is 0 Å². The van der Waals surface area contributed by atoms with Crippen LogP contribution in [0.5, 0.6) is 5.75 Å². The van der Waals surface area contributed by atoms with Crippen molar-refractivity contribution in [2.75, 3.05) is 23.9 Å². The first-order valence-corrected chi connectivity index (χ1v) is 9.47. The minimum Gasteiger partial charge on any atom is -0.494 e. The molecule has 1 saturated heterocycles. The summed E-state index contributed by atoms with van der Waals surface area (Å²) in [7, 11) is 1.52. The minimum atomic E-state index is -0.964. The van der Waals surface area contributed by atoms with E-state index < -0.39 is 11.4 Å². The number of methoxy groups -OCH3 is 1. The third-order valence-corrected chi connectivity index (χ3v) is 5.59. The first-order valence-electron chi connectivity index (χ1n) is 9.47. The number of hydrogen-bond donors (Lipinski definition) is 2. The zero-order chi connectivity index (χ0) is 19.4. The lowest BCUT2D eigenvalue weighted by Gasteiger charge is -2.32. The van der Waals surface area contributed by atoms with Crippen LogP contribution in [0.3, 0.4) is 0 Å². The van der Waals surface area contributed by atoms with Crippen LogP contribution in [0, 0.1) is 5.41 Å². The van der Waals surface area contributed by atoms with Crippen molar-refractivity contribution in [2.45, 2.75) is 51.4 Å². The lowest BCUT2D eigenvalue weighted by molar-refractivity contribution is -0.153. The molecule has 1 aromatic carbocycles. The molecule has 3 rings (SSSR count). The number of nitrogens with one attached hydrogen (secondary N) is 1. The van der Waals surface area contributed by atoms with Gasteiger partial charge in [0.25, 0.3) is 0 Å². The molecule has 1 aromatic rings. The third-order valence-electron chi connectivity index (χ3n) is 5.59. The third kappa shape index (κ3) is 4.07. The molecule has 0 radical (unpaired) electrons. The summed E-state index contributed by atoms with van der Waals surface area (Å²) in [5.74, 6) is -0.636. The second-order valence-corrected chi connectivity index (χ2v) is 7.41. The van der Waals surface area contributed by atoms with Crippen molar-refractivity contribution < 1.29 is 24.2 Å². The predicted molar refractivity (Wildman–Crippen MR) is 101 cm³/mol. The standard InChI is InChI=1S/C20H26N2O5/c1-27-16-12-14(7-8-15(16)22-11-5-6-18(22)24)21-17(23)13-20(19(25)26)9-3-2-4-10-20/h7-8,12H,2-6,9-11,13H2,1H3,(H,21,23)(H,25,26). The summed E-state index contributed by atoms with van der Waals surface area (Å²) in [4.78, 5) is 37.9. The SMILES string of the molecule is COc1cc(NC(=O)CC2(C(=O)O)CCCCC2)ccc1N1CCCC1=O. The van der Waals surface area contributed by atoms with Crippen molar-refractivity contribution in [1.29, 1.82) is 0 Å². The van der Waals surface area contributed by atoms with E-state index in [4.69, 9.17) is 4.74 Å². The Labute approximate surface area is 158 Å². The van der Waals surface area contributed by atoms with Crippen LogP contribution in [0.25, 0.3) is 0 Å². The van der Waals surface area contributed by atoms with Gasteiger partial charge in [-0.2, -0.15) is 0 Å². The van der Waals surface area contributed by atoms with E-state index in [1.807, 2.05) is 0 Å². The average Bonchev–Trinajstić information content (AvgIpc) is 3.08. The van der Waals surface area contributed by atoms with Gasteiger partial charge < -0.3 is 20.1 Å². The van der Waals surface area contributed by atoms with Crippen molar-refractivity contribution >= 4 is 29.2 Å². The van der Waals surface area contributed by atoms with Gasteiger partial charge in [-0.25, -0.2) is 0 Å². The van der Waals surface area contributed by atoms with Crippen LogP contribution in [-0.4, -0.2) is 36.5 Å². The average molecular weight is 374 g/mol. The predicted octanol–water partition coefficient (Wildman–Crippen LogP) is 3.19. The molecular formula is C20H26N2O5. The van der Waals surface area contributed by atoms with E-state index in [0.29, 0.717) is 42.9 Å². The topological polar surface area (TPSA) is 95.9 Å². The summed E-state index contributed by atoms with van der Waals surface area (Å²) in [6.45, 7) is 0.655. The van der Waals surface area contributed by atoms with Crippen LogP contribution in [0.2, 0.25) is 0 Å². The molecule has 2 fully saturated rings. The number of hydrogen-bond acceptors (Lipinski definition) is 4. The molecule has 1 aliphatic carbocycles. The lowest BCUT2D eigenvalue weighted by Crippen LogP contribution is -2.37. The first-order chi connectivity index (χ1) is 12.9. The van der Waals surface area contributed by atoms with Crippen molar-refractivity contribution in [2.24, 2.45) is 5.41 Å². The number of carbonyl (C=O) groups is 3. The summed E-state index contributed by atoms with van der Waals surface area (Å²) in [5, 5.41) is 12.4. The Morgan fingerprint density at radius 2 is 1.96 bits per heavy atom. The summed E-state index contributed by atoms with van der Waals surface area (Å²) >= 11 is 0. The van der Waals surface area contributed by atoms with Crippen molar-refractivity contribution in [1.82, 2.24) is 0 Å². The van der Waals surface area contributed by atoms with Gasteiger partial charge in [0.05, 0.1) is 18.2 Å².